The Labute approximate surface area is 142 Å². The van der Waals surface area contributed by atoms with E-state index in [0.29, 0.717) is 6.04 Å². The van der Waals surface area contributed by atoms with Crippen molar-refractivity contribution in [3.8, 4) is 11.3 Å². The van der Waals surface area contributed by atoms with Gasteiger partial charge in [-0.3, -0.25) is 4.98 Å². The fourth-order valence-corrected chi connectivity index (χ4v) is 3.37. The third-order valence-corrected chi connectivity index (χ3v) is 4.85. The van der Waals surface area contributed by atoms with Crippen molar-refractivity contribution in [1.82, 2.24) is 15.3 Å². The fraction of sp³-hybridized carbons (Fsp3) is 0.300. The number of piperidine rings is 1. The molecule has 122 valence electrons. The molecule has 2 aromatic heterocycles. The van der Waals surface area contributed by atoms with Crippen LogP contribution in [0.25, 0.3) is 22.2 Å². The second kappa shape index (κ2) is 6.57. The molecule has 1 fully saturated rings. The first-order chi connectivity index (χ1) is 11.8. The number of nitrogens with one attached hydrogen (secondary N) is 1. The van der Waals surface area contributed by atoms with E-state index >= 15 is 0 Å². The van der Waals surface area contributed by atoms with Gasteiger partial charge in [-0.15, -0.1) is 0 Å². The summed E-state index contributed by atoms with van der Waals surface area (Å²) in [4.78, 5) is 11.8. The maximum absolute atomic E-state index is 4.89. The van der Waals surface area contributed by atoms with Gasteiger partial charge in [0.1, 0.15) is 5.82 Å². The smallest absolute Gasteiger partial charge is 0.129 e. The van der Waals surface area contributed by atoms with E-state index in [1.54, 1.807) is 0 Å². The van der Waals surface area contributed by atoms with Gasteiger partial charge in [0.05, 0.1) is 11.2 Å². The van der Waals surface area contributed by atoms with Gasteiger partial charge in [-0.2, -0.15) is 0 Å². The summed E-state index contributed by atoms with van der Waals surface area (Å²) in [6, 6.07) is 17.3. The van der Waals surface area contributed by atoms with Crippen LogP contribution in [0.5, 0.6) is 0 Å². The van der Waals surface area contributed by atoms with Crippen LogP contribution in [-0.4, -0.2) is 36.1 Å². The first-order valence-corrected chi connectivity index (χ1v) is 8.58. The van der Waals surface area contributed by atoms with E-state index in [-0.39, 0.29) is 0 Å². The molecule has 0 radical (unpaired) electrons. The molecule has 0 bridgehead atoms. The predicted octanol–water partition coefficient (Wildman–Crippen LogP) is 3.49. The maximum atomic E-state index is 4.89. The monoisotopic (exact) mass is 318 g/mol. The lowest BCUT2D eigenvalue weighted by Crippen LogP contribution is -2.41. The number of aromatic nitrogens is 2. The molecule has 4 nitrogen and oxygen atoms in total. The summed E-state index contributed by atoms with van der Waals surface area (Å²) < 4.78 is 0. The van der Waals surface area contributed by atoms with E-state index in [9.17, 15) is 0 Å². The Morgan fingerprint density at radius 3 is 2.71 bits per heavy atom. The lowest BCUT2D eigenvalue weighted by molar-refractivity contribution is 0.441. The largest absolute Gasteiger partial charge is 0.356 e. The standard InChI is InChI=1S/C20H22N4/c1-21-17-9-11-24(12-10-17)20-8-4-7-19(23-20)16-13-15-5-2-3-6-18(15)22-14-16/h2-8,13-14,17,21H,9-12H2,1H3. The van der Waals surface area contributed by atoms with Gasteiger partial charge in [-0.1, -0.05) is 24.3 Å². The number of nitrogens with zero attached hydrogens (tertiary/aromatic N) is 3. The van der Waals surface area contributed by atoms with Crippen molar-refractivity contribution in [3.05, 3.63) is 54.7 Å². The second-order valence-electron chi connectivity index (χ2n) is 6.35. The summed E-state index contributed by atoms with van der Waals surface area (Å²) in [5.41, 5.74) is 3.08. The van der Waals surface area contributed by atoms with Gasteiger partial charge in [-0.25, -0.2) is 4.98 Å². The molecule has 1 aliphatic heterocycles. The van der Waals surface area contributed by atoms with Crippen molar-refractivity contribution >= 4 is 16.7 Å². The first kappa shape index (κ1) is 15.1. The Kier molecular flexibility index (Phi) is 4.13. The van der Waals surface area contributed by atoms with Crippen LogP contribution in [0.15, 0.2) is 54.7 Å². The highest BCUT2D eigenvalue weighted by molar-refractivity contribution is 5.82. The molecule has 3 aromatic rings. The van der Waals surface area contributed by atoms with Crippen LogP contribution in [0, 0.1) is 0 Å². The molecule has 4 heteroatoms. The van der Waals surface area contributed by atoms with Crippen molar-refractivity contribution in [2.24, 2.45) is 0 Å². The Balaban J connectivity index is 1.62. The van der Waals surface area contributed by atoms with E-state index < -0.39 is 0 Å². The van der Waals surface area contributed by atoms with Gasteiger partial charge in [0, 0.05) is 36.3 Å². The summed E-state index contributed by atoms with van der Waals surface area (Å²) in [6.07, 6.45) is 4.25. The number of anilines is 1. The quantitative estimate of drug-likeness (QED) is 0.802. The van der Waals surface area contributed by atoms with Crippen LogP contribution in [0.2, 0.25) is 0 Å². The highest BCUT2D eigenvalue weighted by atomic mass is 15.2. The average Bonchev–Trinajstić information content (AvgIpc) is 2.68. The molecule has 0 aliphatic carbocycles. The predicted molar refractivity (Wildman–Crippen MR) is 99.3 cm³/mol. The highest BCUT2D eigenvalue weighted by Crippen LogP contribution is 2.24. The molecule has 1 aliphatic rings. The topological polar surface area (TPSA) is 41.0 Å². The molecule has 1 aromatic carbocycles. The molecule has 4 rings (SSSR count). The summed E-state index contributed by atoms with van der Waals surface area (Å²) in [5, 5.41) is 4.52. The zero-order valence-corrected chi connectivity index (χ0v) is 13.9. The normalized spacial score (nSPS) is 15.8. The molecule has 0 saturated carbocycles. The minimum Gasteiger partial charge on any atom is -0.356 e. The van der Waals surface area contributed by atoms with E-state index in [1.807, 2.05) is 31.4 Å². The first-order valence-electron chi connectivity index (χ1n) is 8.58. The molecule has 0 spiro atoms. The van der Waals surface area contributed by atoms with Crippen molar-refractivity contribution in [2.75, 3.05) is 25.0 Å². The Hall–Kier alpha value is -2.46. The molecule has 0 amide bonds. The van der Waals surface area contributed by atoms with E-state index in [4.69, 9.17) is 4.98 Å². The number of pyridine rings is 2. The van der Waals surface area contributed by atoms with Crippen LogP contribution in [0.1, 0.15) is 12.8 Å². The van der Waals surface area contributed by atoms with Gasteiger partial charge in [0.15, 0.2) is 0 Å². The Morgan fingerprint density at radius 2 is 1.88 bits per heavy atom. The van der Waals surface area contributed by atoms with Gasteiger partial charge < -0.3 is 10.2 Å². The summed E-state index contributed by atoms with van der Waals surface area (Å²) in [6.45, 7) is 2.11. The minimum atomic E-state index is 0.633. The van der Waals surface area contributed by atoms with Crippen LogP contribution < -0.4 is 10.2 Å². The third-order valence-electron chi connectivity index (χ3n) is 4.85. The fourth-order valence-electron chi connectivity index (χ4n) is 3.37. The zero-order chi connectivity index (χ0) is 16.4. The van der Waals surface area contributed by atoms with Gasteiger partial charge in [0.2, 0.25) is 0 Å². The molecule has 3 heterocycles. The molecular formula is C20H22N4. The van der Waals surface area contributed by atoms with Crippen molar-refractivity contribution in [3.63, 3.8) is 0 Å². The lowest BCUT2D eigenvalue weighted by atomic mass is 10.1. The van der Waals surface area contributed by atoms with E-state index in [1.165, 1.54) is 12.8 Å². The van der Waals surface area contributed by atoms with Gasteiger partial charge in [-0.05, 0) is 44.2 Å². The van der Waals surface area contributed by atoms with Crippen LogP contribution >= 0.6 is 0 Å². The number of hydrogen-bond donors (Lipinski definition) is 1. The molecule has 0 unspecified atom stereocenters. The lowest BCUT2D eigenvalue weighted by Gasteiger charge is -2.32. The number of fused-ring (bicyclic) bond motifs is 1. The second-order valence-corrected chi connectivity index (χ2v) is 6.35. The number of hydrogen-bond acceptors (Lipinski definition) is 4. The average molecular weight is 318 g/mol. The molecule has 24 heavy (non-hydrogen) atoms. The molecule has 1 N–H and O–H groups in total. The third kappa shape index (κ3) is 2.97. The molecular weight excluding hydrogens is 296 g/mol. The number of rotatable bonds is 3. The maximum Gasteiger partial charge on any atom is 0.129 e. The number of para-hydroxylation sites is 1. The van der Waals surface area contributed by atoms with E-state index in [2.05, 4.69) is 45.5 Å². The van der Waals surface area contributed by atoms with Gasteiger partial charge >= 0.3 is 0 Å². The van der Waals surface area contributed by atoms with E-state index in [0.717, 1.165) is 41.1 Å². The molecule has 0 atom stereocenters. The van der Waals surface area contributed by atoms with Crippen LogP contribution in [0.4, 0.5) is 5.82 Å². The Morgan fingerprint density at radius 1 is 1.04 bits per heavy atom. The SMILES string of the molecule is CNC1CCN(c2cccc(-c3cnc4ccccc4c3)n2)CC1. The summed E-state index contributed by atoms with van der Waals surface area (Å²) in [7, 11) is 2.05. The Bertz CT molecular complexity index is 838. The number of benzene rings is 1. The zero-order valence-electron chi connectivity index (χ0n) is 13.9. The molecule has 1 saturated heterocycles. The van der Waals surface area contributed by atoms with Crippen molar-refractivity contribution < 1.29 is 0 Å². The van der Waals surface area contributed by atoms with Crippen LogP contribution in [-0.2, 0) is 0 Å². The van der Waals surface area contributed by atoms with Crippen molar-refractivity contribution in [1.29, 1.82) is 0 Å². The summed E-state index contributed by atoms with van der Waals surface area (Å²) >= 11 is 0. The van der Waals surface area contributed by atoms with Crippen molar-refractivity contribution in [2.45, 2.75) is 18.9 Å². The minimum absolute atomic E-state index is 0.633. The highest BCUT2D eigenvalue weighted by Gasteiger charge is 2.19. The van der Waals surface area contributed by atoms with Crippen LogP contribution in [0.3, 0.4) is 0 Å². The summed E-state index contributed by atoms with van der Waals surface area (Å²) in [5.74, 6) is 1.07. The van der Waals surface area contributed by atoms with Gasteiger partial charge in [0.25, 0.3) is 0 Å².